The molecule has 0 bridgehead atoms. The molecule has 0 aliphatic rings. The highest BCUT2D eigenvalue weighted by molar-refractivity contribution is 5.66. The van der Waals surface area contributed by atoms with Crippen LogP contribution in [0.1, 0.15) is 148 Å². The summed E-state index contributed by atoms with van der Waals surface area (Å²) in [6.07, 6.45) is 37.0. The van der Waals surface area contributed by atoms with Gasteiger partial charge in [0.2, 0.25) is 0 Å². The lowest BCUT2D eigenvalue weighted by molar-refractivity contribution is -0.137. The van der Waals surface area contributed by atoms with Crippen molar-refractivity contribution in [3.63, 3.8) is 0 Å². The van der Waals surface area contributed by atoms with Crippen LogP contribution < -0.4 is 0 Å². The highest BCUT2D eigenvalue weighted by atomic mass is 16.4. The maximum absolute atomic E-state index is 10.4. The molecule has 0 unspecified atom stereocenters. The molecule has 2 heteroatoms. The van der Waals surface area contributed by atoms with Crippen LogP contribution in [-0.2, 0) is 4.79 Å². The SMILES string of the molecule is CCCCCCCCCCCC/C=C\CC/C=C\CCCCCCCCCC(=O)O. The number of aliphatic carboxylic acids is 1. The van der Waals surface area contributed by atoms with Gasteiger partial charge in [0.25, 0.3) is 0 Å². The van der Waals surface area contributed by atoms with Crippen molar-refractivity contribution >= 4 is 5.97 Å². The van der Waals surface area contributed by atoms with Crippen molar-refractivity contribution in [2.75, 3.05) is 0 Å². The molecule has 1 N–H and O–H groups in total. The Hall–Kier alpha value is -1.05. The number of allylic oxidation sites excluding steroid dienone is 4. The molecule has 176 valence electrons. The first-order valence-electron chi connectivity index (χ1n) is 13.3. The number of carbonyl (C=O) groups is 1. The second-order valence-electron chi connectivity index (χ2n) is 8.90. The molecule has 0 aliphatic carbocycles. The standard InChI is InChI=1S/C28H52O2/c1-2-3-4-5-6-7-8-9-10-11-12-13-14-15-16-17-18-19-20-21-22-23-24-25-26-27-28(29)30/h13-14,17-18H,2-12,15-16,19-27H2,1H3,(H,29,30)/b14-13-,18-17-. The molecule has 0 saturated heterocycles. The Morgan fingerprint density at radius 1 is 0.500 bits per heavy atom. The minimum absolute atomic E-state index is 0.333. The van der Waals surface area contributed by atoms with Crippen molar-refractivity contribution in [3.8, 4) is 0 Å². The van der Waals surface area contributed by atoms with Crippen LogP contribution in [0.15, 0.2) is 24.3 Å². The van der Waals surface area contributed by atoms with Crippen molar-refractivity contribution in [1.29, 1.82) is 0 Å². The summed E-state index contributed by atoms with van der Waals surface area (Å²) in [5.74, 6) is -0.661. The van der Waals surface area contributed by atoms with Gasteiger partial charge in [0.05, 0.1) is 0 Å². The second-order valence-corrected chi connectivity index (χ2v) is 8.90. The number of rotatable bonds is 24. The maximum Gasteiger partial charge on any atom is 0.303 e. The third-order valence-corrected chi connectivity index (χ3v) is 5.82. The molecule has 0 aromatic heterocycles. The number of carboxylic acid groups (broad SMARTS) is 1. The van der Waals surface area contributed by atoms with Crippen LogP contribution in [0, 0.1) is 0 Å². The van der Waals surface area contributed by atoms with Gasteiger partial charge >= 0.3 is 5.97 Å². The molecular formula is C28H52O2. The van der Waals surface area contributed by atoms with Gasteiger partial charge in [0.1, 0.15) is 0 Å². The van der Waals surface area contributed by atoms with Crippen LogP contribution in [-0.4, -0.2) is 11.1 Å². The topological polar surface area (TPSA) is 37.3 Å². The number of hydrogen-bond donors (Lipinski definition) is 1. The van der Waals surface area contributed by atoms with Crippen LogP contribution in [0.25, 0.3) is 0 Å². The molecule has 0 radical (unpaired) electrons. The van der Waals surface area contributed by atoms with E-state index in [9.17, 15) is 4.79 Å². The van der Waals surface area contributed by atoms with E-state index in [4.69, 9.17) is 5.11 Å². The average molecular weight is 421 g/mol. The molecule has 2 nitrogen and oxygen atoms in total. The Balaban J connectivity index is 3.17. The van der Waals surface area contributed by atoms with Crippen LogP contribution in [0.2, 0.25) is 0 Å². The quantitative estimate of drug-likeness (QED) is 0.125. The lowest BCUT2D eigenvalue weighted by Gasteiger charge is -2.01. The van der Waals surface area contributed by atoms with Crippen molar-refractivity contribution < 1.29 is 9.90 Å². The van der Waals surface area contributed by atoms with Gasteiger partial charge in [0, 0.05) is 6.42 Å². The summed E-state index contributed by atoms with van der Waals surface area (Å²) in [5, 5.41) is 8.59. The first-order chi connectivity index (χ1) is 14.8. The van der Waals surface area contributed by atoms with Gasteiger partial charge in [-0.1, -0.05) is 121 Å². The van der Waals surface area contributed by atoms with Gasteiger partial charge in [-0.25, -0.2) is 0 Å². The van der Waals surface area contributed by atoms with E-state index >= 15 is 0 Å². The van der Waals surface area contributed by atoms with Crippen molar-refractivity contribution in [2.45, 2.75) is 148 Å². The third kappa shape index (κ3) is 27.0. The lowest BCUT2D eigenvalue weighted by atomic mass is 10.1. The number of unbranched alkanes of at least 4 members (excludes halogenated alkanes) is 18. The third-order valence-electron chi connectivity index (χ3n) is 5.82. The van der Waals surface area contributed by atoms with Gasteiger partial charge in [-0.2, -0.15) is 0 Å². The molecule has 0 rings (SSSR count). The molecular weight excluding hydrogens is 368 g/mol. The Bertz CT molecular complexity index is 397. The Kier molecular flexibility index (Phi) is 25.1. The van der Waals surface area contributed by atoms with E-state index < -0.39 is 5.97 Å². The van der Waals surface area contributed by atoms with E-state index in [1.54, 1.807) is 0 Å². The predicted octanol–water partition coefficient (Wildman–Crippen LogP) is 9.79. The first-order valence-corrected chi connectivity index (χ1v) is 13.3. The van der Waals surface area contributed by atoms with Crippen LogP contribution in [0.4, 0.5) is 0 Å². The summed E-state index contributed by atoms with van der Waals surface area (Å²) in [6, 6.07) is 0. The highest BCUT2D eigenvalue weighted by Gasteiger charge is 1.96. The lowest BCUT2D eigenvalue weighted by Crippen LogP contribution is -1.93. The fourth-order valence-electron chi connectivity index (χ4n) is 3.84. The van der Waals surface area contributed by atoms with Crippen LogP contribution in [0.5, 0.6) is 0 Å². The fraction of sp³-hybridized carbons (Fsp3) is 0.821. The molecule has 0 aromatic rings. The average Bonchev–Trinajstić information content (AvgIpc) is 2.73. The molecule has 0 spiro atoms. The Morgan fingerprint density at radius 2 is 0.833 bits per heavy atom. The molecule has 30 heavy (non-hydrogen) atoms. The van der Waals surface area contributed by atoms with Crippen molar-refractivity contribution in [3.05, 3.63) is 24.3 Å². The van der Waals surface area contributed by atoms with E-state index in [1.165, 1.54) is 122 Å². The fourth-order valence-corrected chi connectivity index (χ4v) is 3.84. The molecule has 0 fully saturated rings. The maximum atomic E-state index is 10.4. The van der Waals surface area contributed by atoms with Crippen molar-refractivity contribution in [1.82, 2.24) is 0 Å². The molecule has 0 heterocycles. The highest BCUT2D eigenvalue weighted by Crippen LogP contribution is 2.12. The monoisotopic (exact) mass is 420 g/mol. The zero-order valence-electron chi connectivity index (χ0n) is 20.2. The van der Waals surface area contributed by atoms with Crippen LogP contribution in [0.3, 0.4) is 0 Å². The minimum atomic E-state index is -0.661. The summed E-state index contributed by atoms with van der Waals surface area (Å²) in [6.45, 7) is 2.29. The largest absolute Gasteiger partial charge is 0.481 e. The van der Waals surface area contributed by atoms with E-state index in [0.29, 0.717) is 6.42 Å². The smallest absolute Gasteiger partial charge is 0.303 e. The molecule has 0 saturated carbocycles. The molecule has 0 atom stereocenters. The summed E-state index contributed by atoms with van der Waals surface area (Å²) in [4.78, 5) is 10.4. The summed E-state index contributed by atoms with van der Waals surface area (Å²) in [7, 11) is 0. The Labute approximate surface area is 188 Å². The molecule has 0 amide bonds. The van der Waals surface area contributed by atoms with Gasteiger partial charge in [-0.15, -0.1) is 0 Å². The van der Waals surface area contributed by atoms with E-state index in [-0.39, 0.29) is 0 Å². The normalized spacial score (nSPS) is 11.8. The second kappa shape index (κ2) is 26.0. The van der Waals surface area contributed by atoms with Gasteiger partial charge < -0.3 is 5.11 Å². The van der Waals surface area contributed by atoms with E-state index in [1.807, 2.05) is 0 Å². The van der Waals surface area contributed by atoms with Gasteiger partial charge in [-0.3, -0.25) is 4.79 Å². The van der Waals surface area contributed by atoms with Gasteiger partial charge in [-0.05, 0) is 44.9 Å². The van der Waals surface area contributed by atoms with Crippen LogP contribution >= 0.6 is 0 Å². The summed E-state index contributed by atoms with van der Waals surface area (Å²) >= 11 is 0. The zero-order valence-corrected chi connectivity index (χ0v) is 20.2. The summed E-state index contributed by atoms with van der Waals surface area (Å²) < 4.78 is 0. The minimum Gasteiger partial charge on any atom is -0.481 e. The van der Waals surface area contributed by atoms with Crippen molar-refractivity contribution in [2.24, 2.45) is 0 Å². The number of carboxylic acids is 1. The van der Waals surface area contributed by atoms with E-state index in [2.05, 4.69) is 31.2 Å². The zero-order chi connectivity index (χ0) is 22.0. The molecule has 0 aliphatic heterocycles. The summed E-state index contributed by atoms with van der Waals surface area (Å²) in [5.41, 5.74) is 0. The number of hydrogen-bond acceptors (Lipinski definition) is 1. The Morgan fingerprint density at radius 3 is 1.23 bits per heavy atom. The van der Waals surface area contributed by atoms with Gasteiger partial charge in [0.15, 0.2) is 0 Å². The first kappa shape index (κ1) is 28.9. The molecule has 0 aromatic carbocycles. The van der Waals surface area contributed by atoms with E-state index in [0.717, 1.165) is 12.8 Å². The predicted molar refractivity (Wildman–Crippen MR) is 133 cm³/mol.